The van der Waals surface area contributed by atoms with E-state index in [1.807, 2.05) is 0 Å². The Morgan fingerprint density at radius 2 is 2.15 bits per heavy atom. The molecule has 0 aromatic carbocycles. The fourth-order valence-corrected chi connectivity index (χ4v) is 4.53. The molecule has 1 aliphatic carbocycles. The van der Waals surface area contributed by atoms with Crippen LogP contribution in [0.2, 0.25) is 0 Å². The number of aromatic nitrogens is 1. The molecule has 0 spiro atoms. The number of fused-ring (bicyclic) bond motifs is 1. The molecule has 3 rings (SSSR count). The number of hydrogen-bond donors (Lipinski definition) is 2. The highest BCUT2D eigenvalue weighted by Gasteiger charge is 2.30. The fraction of sp³-hybridized carbons (Fsp3) is 0.538. The Labute approximate surface area is 116 Å². The van der Waals surface area contributed by atoms with Crippen LogP contribution in [0.4, 0.5) is 0 Å². The third-order valence-corrected chi connectivity index (χ3v) is 5.67. The van der Waals surface area contributed by atoms with E-state index in [2.05, 4.69) is 10.3 Å². The summed E-state index contributed by atoms with van der Waals surface area (Å²) in [4.78, 5) is 26.7. The van der Waals surface area contributed by atoms with Crippen LogP contribution < -0.4 is 10.9 Å². The minimum Gasteiger partial charge on any atom is -0.348 e. The van der Waals surface area contributed by atoms with Crippen molar-refractivity contribution in [2.45, 2.75) is 31.7 Å². The molecule has 1 aliphatic heterocycles. The van der Waals surface area contributed by atoms with E-state index in [-0.39, 0.29) is 23.1 Å². The number of sulfone groups is 1. The van der Waals surface area contributed by atoms with Gasteiger partial charge in [-0.25, -0.2) is 8.42 Å². The second kappa shape index (κ2) is 4.73. The third kappa shape index (κ3) is 2.49. The van der Waals surface area contributed by atoms with Crippen LogP contribution in [0.1, 0.15) is 34.5 Å². The lowest BCUT2D eigenvalue weighted by Crippen LogP contribution is -2.38. The van der Waals surface area contributed by atoms with Crippen molar-refractivity contribution in [3.63, 3.8) is 0 Å². The summed E-state index contributed by atoms with van der Waals surface area (Å²) in [6.45, 7) is 0. The molecule has 1 fully saturated rings. The molecule has 20 heavy (non-hydrogen) atoms. The number of carbonyl (C=O) groups is 1. The lowest BCUT2D eigenvalue weighted by molar-refractivity contribution is 0.0939. The first-order valence-electron chi connectivity index (χ1n) is 6.71. The number of rotatable bonds is 2. The lowest BCUT2D eigenvalue weighted by Gasteiger charge is -2.11. The maximum absolute atomic E-state index is 12.1. The van der Waals surface area contributed by atoms with Crippen molar-refractivity contribution >= 4 is 15.7 Å². The Balaban J connectivity index is 1.80. The van der Waals surface area contributed by atoms with Crippen LogP contribution in [0.5, 0.6) is 0 Å². The van der Waals surface area contributed by atoms with Gasteiger partial charge in [-0.2, -0.15) is 0 Å². The van der Waals surface area contributed by atoms with E-state index in [0.717, 1.165) is 30.5 Å². The van der Waals surface area contributed by atoms with Crippen molar-refractivity contribution in [3.8, 4) is 0 Å². The van der Waals surface area contributed by atoms with Crippen LogP contribution in [-0.4, -0.2) is 36.9 Å². The van der Waals surface area contributed by atoms with Crippen molar-refractivity contribution in [2.24, 2.45) is 0 Å². The number of aromatic amines is 1. The van der Waals surface area contributed by atoms with E-state index < -0.39 is 21.3 Å². The van der Waals surface area contributed by atoms with Gasteiger partial charge in [0.25, 0.3) is 11.5 Å². The summed E-state index contributed by atoms with van der Waals surface area (Å²) >= 11 is 0. The van der Waals surface area contributed by atoms with Gasteiger partial charge in [-0.1, -0.05) is 0 Å². The molecular formula is C13H16N2O4S. The quantitative estimate of drug-likeness (QED) is 0.788. The van der Waals surface area contributed by atoms with E-state index in [9.17, 15) is 18.0 Å². The first-order chi connectivity index (χ1) is 9.44. The highest BCUT2D eigenvalue weighted by atomic mass is 32.2. The van der Waals surface area contributed by atoms with Gasteiger partial charge in [-0.3, -0.25) is 9.59 Å². The number of H-pyrrole nitrogens is 1. The molecular weight excluding hydrogens is 280 g/mol. The van der Waals surface area contributed by atoms with E-state index >= 15 is 0 Å². The van der Waals surface area contributed by atoms with Gasteiger partial charge in [0.05, 0.1) is 11.5 Å². The first-order valence-corrected chi connectivity index (χ1v) is 8.53. The predicted octanol–water partition coefficient (Wildman–Crippen LogP) is -0.220. The molecule has 0 bridgehead atoms. The average molecular weight is 296 g/mol. The molecule has 108 valence electrons. The zero-order valence-corrected chi connectivity index (χ0v) is 11.8. The molecule has 1 aromatic heterocycles. The number of nitrogens with one attached hydrogen (secondary N) is 2. The number of aryl methyl sites for hydroxylation is 2. The highest BCUT2D eigenvalue weighted by molar-refractivity contribution is 7.91. The van der Waals surface area contributed by atoms with Crippen LogP contribution in [0, 0.1) is 0 Å². The average Bonchev–Trinajstić information content (AvgIpc) is 2.94. The van der Waals surface area contributed by atoms with E-state index in [4.69, 9.17) is 0 Å². The van der Waals surface area contributed by atoms with Crippen molar-refractivity contribution in [3.05, 3.63) is 33.2 Å². The normalized spacial score (nSPS) is 23.5. The number of hydrogen-bond acceptors (Lipinski definition) is 4. The maximum Gasteiger partial charge on any atom is 0.261 e. The van der Waals surface area contributed by atoms with Crippen LogP contribution in [0.25, 0.3) is 0 Å². The van der Waals surface area contributed by atoms with Crippen LogP contribution in [-0.2, 0) is 22.7 Å². The summed E-state index contributed by atoms with van der Waals surface area (Å²) in [5.41, 5.74) is 1.60. The Morgan fingerprint density at radius 1 is 1.35 bits per heavy atom. The Morgan fingerprint density at radius 3 is 2.85 bits per heavy atom. The molecule has 1 aromatic rings. The topological polar surface area (TPSA) is 96.1 Å². The van der Waals surface area contributed by atoms with Gasteiger partial charge in [0.1, 0.15) is 5.56 Å². The predicted molar refractivity (Wildman–Crippen MR) is 73.6 cm³/mol. The van der Waals surface area contributed by atoms with Gasteiger partial charge in [-0.05, 0) is 37.3 Å². The second-order valence-electron chi connectivity index (χ2n) is 5.44. The first kappa shape index (κ1) is 13.4. The van der Waals surface area contributed by atoms with E-state index in [1.54, 1.807) is 6.07 Å². The van der Waals surface area contributed by atoms with Crippen molar-refractivity contribution in [1.29, 1.82) is 0 Å². The SMILES string of the molecule is O=C(NC1CCS(=O)(=O)C1)c1cc2c([nH]c1=O)CCC2. The van der Waals surface area contributed by atoms with Crippen molar-refractivity contribution in [1.82, 2.24) is 10.3 Å². The number of amides is 1. The van der Waals surface area contributed by atoms with Gasteiger partial charge in [0.15, 0.2) is 9.84 Å². The van der Waals surface area contributed by atoms with Crippen LogP contribution in [0.3, 0.4) is 0 Å². The monoisotopic (exact) mass is 296 g/mol. The molecule has 0 radical (unpaired) electrons. The molecule has 0 saturated carbocycles. The highest BCUT2D eigenvalue weighted by Crippen LogP contribution is 2.19. The van der Waals surface area contributed by atoms with Gasteiger partial charge in [-0.15, -0.1) is 0 Å². The van der Waals surface area contributed by atoms with E-state index in [1.165, 1.54) is 0 Å². The molecule has 1 atom stereocenters. The van der Waals surface area contributed by atoms with Gasteiger partial charge < -0.3 is 10.3 Å². The van der Waals surface area contributed by atoms with E-state index in [0.29, 0.717) is 6.42 Å². The Bertz CT molecular complexity index is 720. The zero-order chi connectivity index (χ0) is 14.3. The minimum atomic E-state index is -3.04. The van der Waals surface area contributed by atoms with Gasteiger partial charge in [0.2, 0.25) is 0 Å². The summed E-state index contributed by atoms with van der Waals surface area (Å²) < 4.78 is 22.7. The summed E-state index contributed by atoms with van der Waals surface area (Å²) in [5.74, 6) is -0.428. The van der Waals surface area contributed by atoms with Gasteiger partial charge in [0, 0.05) is 11.7 Å². The minimum absolute atomic E-state index is 0.0401. The Kier molecular flexibility index (Phi) is 3.16. The maximum atomic E-state index is 12.1. The van der Waals surface area contributed by atoms with Crippen LogP contribution in [0.15, 0.2) is 10.9 Å². The molecule has 6 nitrogen and oxygen atoms in total. The van der Waals surface area contributed by atoms with Crippen molar-refractivity contribution in [2.75, 3.05) is 11.5 Å². The summed E-state index contributed by atoms with van der Waals surface area (Å²) in [6.07, 6.45) is 3.10. The largest absolute Gasteiger partial charge is 0.348 e. The number of carbonyl (C=O) groups excluding carboxylic acids is 1. The fourth-order valence-electron chi connectivity index (χ4n) is 2.85. The second-order valence-corrected chi connectivity index (χ2v) is 7.67. The molecule has 1 saturated heterocycles. The number of pyridine rings is 1. The zero-order valence-electron chi connectivity index (χ0n) is 10.9. The summed E-state index contributed by atoms with van der Waals surface area (Å²) in [7, 11) is -3.04. The molecule has 1 unspecified atom stereocenters. The van der Waals surface area contributed by atoms with Gasteiger partial charge >= 0.3 is 0 Å². The summed E-state index contributed by atoms with van der Waals surface area (Å²) in [5, 5.41) is 2.64. The smallest absolute Gasteiger partial charge is 0.261 e. The molecule has 7 heteroatoms. The van der Waals surface area contributed by atoms with Crippen molar-refractivity contribution < 1.29 is 13.2 Å². The standard InChI is InChI=1S/C13H16N2O4S/c16-12(14-9-4-5-20(18,19)7-9)10-6-8-2-1-3-11(8)15-13(10)17/h6,9H,1-5,7H2,(H,14,16)(H,15,17). The lowest BCUT2D eigenvalue weighted by atomic mass is 10.1. The molecule has 2 N–H and O–H groups in total. The molecule has 2 heterocycles. The molecule has 2 aliphatic rings. The van der Waals surface area contributed by atoms with Crippen LogP contribution >= 0.6 is 0 Å². The summed E-state index contributed by atoms with van der Waals surface area (Å²) in [6, 6.07) is 1.25. The third-order valence-electron chi connectivity index (χ3n) is 3.90. The Hall–Kier alpha value is -1.63. The molecule has 1 amide bonds.